The molecule has 4 aromatic rings. The Balaban J connectivity index is 1.41. The molecular formula is C23H17ClN2OS. The molecule has 4 rings (SSSR count). The number of amides is 1. The van der Waals surface area contributed by atoms with E-state index in [0.29, 0.717) is 17.1 Å². The largest absolute Gasteiger partial charge is 0.348 e. The third-order valence-electron chi connectivity index (χ3n) is 4.33. The van der Waals surface area contributed by atoms with E-state index in [1.165, 1.54) is 0 Å². The first kappa shape index (κ1) is 18.4. The second-order valence-electron chi connectivity index (χ2n) is 6.29. The second-order valence-corrected chi connectivity index (χ2v) is 7.58. The maximum absolute atomic E-state index is 12.2. The average Bonchev–Trinajstić information content (AvgIpc) is 3.24. The highest BCUT2D eigenvalue weighted by Gasteiger charge is 2.08. The molecule has 0 spiro atoms. The summed E-state index contributed by atoms with van der Waals surface area (Å²) in [4.78, 5) is 16.9. The maximum atomic E-state index is 12.2. The lowest BCUT2D eigenvalue weighted by Crippen LogP contribution is -2.22. The summed E-state index contributed by atoms with van der Waals surface area (Å²) in [6.07, 6.45) is 0. The topological polar surface area (TPSA) is 42.0 Å². The molecule has 0 unspecified atom stereocenters. The molecule has 1 N–H and O–H groups in total. The number of carbonyl (C=O) groups excluding carboxylic acids is 1. The molecule has 1 heterocycles. The Morgan fingerprint density at radius 3 is 2.32 bits per heavy atom. The monoisotopic (exact) mass is 404 g/mol. The quantitative estimate of drug-likeness (QED) is 0.439. The molecule has 3 aromatic carbocycles. The minimum atomic E-state index is -0.118. The number of hydrogen-bond acceptors (Lipinski definition) is 3. The Morgan fingerprint density at radius 2 is 1.61 bits per heavy atom. The zero-order valence-corrected chi connectivity index (χ0v) is 16.5. The molecule has 0 saturated heterocycles. The van der Waals surface area contributed by atoms with Gasteiger partial charge in [-0.2, -0.15) is 0 Å². The minimum absolute atomic E-state index is 0.118. The van der Waals surface area contributed by atoms with Gasteiger partial charge in [-0.05, 0) is 29.8 Å². The van der Waals surface area contributed by atoms with Gasteiger partial charge in [0.25, 0.3) is 5.91 Å². The smallest absolute Gasteiger partial charge is 0.251 e. The van der Waals surface area contributed by atoms with Crippen LogP contribution in [0.25, 0.3) is 21.8 Å². The fourth-order valence-corrected chi connectivity index (χ4v) is 3.76. The van der Waals surface area contributed by atoms with Crippen LogP contribution in [0.1, 0.15) is 15.9 Å². The molecule has 3 nitrogen and oxygen atoms in total. The lowest BCUT2D eigenvalue weighted by atomic mass is 10.1. The van der Waals surface area contributed by atoms with E-state index >= 15 is 0 Å². The number of nitrogens with zero attached hydrogens (tertiary/aromatic N) is 1. The molecule has 0 aliphatic rings. The van der Waals surface area contributed by atoms with E-state index in [0.717, 1.165) is 27.4 Å². The molecular weight excluding hydrogens is 388 g/mol. The lowest BCUT2D eigenvalue weighted by molar-refractivity contribution is 0.0951. The Kier molecular flexibility index (Phi) is 5.51. The Morgan fingerprint density at radius 1 is 0.893 bits per heavy atom. The van der Waals surface area contributed by atoms with Crippen molar-refractivity contribution in [2.45, 2.75) is 6.54 Å². The number of hydrogen-bond donors (Lipinski definition) is 1. The van der Waals surface area contributed by atoms with Crippen LogP contribution in [-0.2, 0) is 6.54 Å². The first-order valence-corrected chi connectivity index (χ1v) is 10.1. The number of nitrogens with one attached hydrogen (secondary N) is 1. The van der Waals surface area contributed by atoms with Crippen LogP contribution in [0.5, 0.6) is 0 Å². The van der Waals surface area contributed by atoms with Crippen molar-refractivity contribution in [1.82, 2.24) is 10.3 Å². The van der Waals surface area contributed by atoms with E-state index in [2.05, 4.69) is 22.8 Å². The minimum Gasteiger partial charge on any atom is -0.348 e. The van der Waals surface area contributed by atoms with Gasteiger partial charge in [-0.25, -0.2) is 4.98 Å². The summed E-state index contributed by atoms with van der Waals surface area (Å²) in [7, 11) is 0. The summed E-state index contributed by atoms with van der Waals surface area (Å²) < 4.78 is 0. The third-order valence-corrected chi connectivity index (χ3v) is 5.48. The zero-order chi connectivity index (χ0) is 19.3. The molecule has 5 heteroatoms. The fourth-order valence-electron chi connectivity index (χ4n) is 2.80. The second kappa shape index (κ2) is 8.38. The van der Waals surface area contributed by atoms with Crippen molar-refractivity contribution in [1.29, 1.82) is 0 Å². The molecule has 1 amide bonds. The number of thiazole rings is 1. The molecule has 0 fully saturated rings. The molecule has 28 heavy (non-hydrogen) atoms. The predicted octanol–water partition coefficient (Wildman–Crippen LogP) is 6.06. The Bertz CT molecular complexity index is 1070. The van der Waals surface area contributed by atoms with Gasteiger partial charge in [-0.1, -0.05) is 66.2 Å². The molecule has 1 aromatic heterocycles. The molecule has 138 valence electrons. The van der Waals surface area contributed by atoms with Crippen LogP contribution in [0.2, 0.25) is 5.02 Å². The summed E-state index contributed by atoms with van der Waals surface area (Å²) in [6.45, 7) is 0.466. The lowest BCUT2D eigenvalue weighted by Gasteiger charge is -2.06. The highest BCUT2D eigenvalue weighted by atomic mass is 35.5. The van der Waals surface area contributed by atoms with Crippen molar-refractivity contribution in [3.63, 3.8) is 0 Å². The average molecular weight is 405 g/mol. The van der Waals surface area contributed by atoms with Gasteiger partial charge in [0.1, 0.15) is 5.01 Å². The van der Waals surface area contributed by atoms with E-state index in [1.54, 1.807) is 35.6 Å². The van der Waals surface area contributed by atoms with Crippen molar-refractivity contribution in [2.24, 2.45) is 0 Å². The number of benzene rings is 3. The Hall–Kier alpha value is -2.95. The highest BCUT2D eigenvalue weighted by Crippen LogP contribution is 2.28. The van der Waals surface area contributed by atoms with Crippen molar-refractivity contribution in [2.75, 3.05) is 0 Å². The van der Waals surface area contributed by atoms with Gasteiger partial charge in [0.2, 0.25) is 0 Å². The molecule has 0 aliphatic heterocycles. The first-order valence-electron chi connectivity index (χ1n) is 8.83. The van der Waals surface area contributed by atoms with Gasteiger partial charge in [0, 0.05) is 33.6 Å². The van der Waals surface area contributed by atoms with E-state index in [-0.39, 0.29) is 5.91 Å². The van der Waals surface area contributed by atoms with Crippen LogP contribution in [0.4, 0.5) is 0 Å². The van der Waals surface area contributed by atoms with Crippen molar-refractivity contribution < 1.29 is 4.79 Å². The van der Waals surface area contributed by atoms with Crippen LogP contribution in [0, 0.1) is 0 Å². The maximum Gasteiger partial charge on any atom is 0.251 e. The van der Waals surface area contributed by atoms with Gasteiger partial charge in [-0.15, -0.1) is 11.3 Å². The highest BCUT2D eigenvalue weighted by molar-refractivity contribution is 7.13. The van der Waals surface area contributed by atoms with Crippen LogP contribution in [-0.4, -0.2) is 10.9 Å². The van der Waals surface area contributed by atoms with Gasteiger partial charge in [0.15, 0.2) is 0 Å². The normalized spacial score (nSPS) is 10.6. The van der Waals surface area contributed by atoms with Crippen molar-refractivity contribution >= 4 is 28.8 Å². The molecule has 0 radical (unpaired) electrons. The van der Waals surface area contributed by atoms with Crippen LogP contribution < -0.4 is 5.32 Å². The SMILES string of the molecule is O=C(NCc1ccc(-c2csc(-c3ccccc3)n2)cc1)c1ccc(Cl)cc1. The summed E-state index contributed by atoms with van der Waals surface area (Å²) in [6, 6.07) is 25.1. The van der Waals surface area contributed by atoms with Crippen LogP contribution in [0.3, 0.4) is 0 Å². The molecule has 0 bridgehead atoms. The fraction of sp³-hybridized carbons (Fsp3) is 0.0435. The predicted molar refractivity (Wildman–Crippen MR) is 116 cm³/mol. The van der Waals surface area contributed by atoms with E-state index in [1.807, 2.05) is 42.5 Å². The number of carbonyl (C=O) groups is 1. The standard InChI is InChI=1S/C23H17ClN2OS/c24-20-12-10-18(11-13-20)22(27)25-14-16-6-8-17(9-7-16)21-15-28-23(26-21)19-4-2-1-3-5-19/h1-13,15H,14H2,(H,25,27). The van der Waals surface area contributed by atoms with Gasteiger partial charge in [0.05, 0.1) is 5.69 Å². The zero-order valence-electron chi connectivity index (χ0n) is 14.9. The van der Waals surface area contributed by atoms with Crippen molar-refractivity contribution in [3.8, 4) is 21.8 Å². The van der Waals surface area contributed by atoms with E-state index in [4.69, 9.17) is 16.6 Å². The van der Waals surface area contributed by atoms with Gasteiger partial charge >= 0.3 is 0 Å². The molecule has 0 aliphatic carbocycles. The number of halogens is 1. The van der Waals surface area contributed by atoms with Gasteiger partial charge < -0.3 is 5.32 Å². The molecule has 0 saturated carbocycles. The number of aromatic nitrogens is 1. The third kappa shape index (κ3) is 4.30. The summed E-state index contributed by atoms with van der Waals surface area (Å²) in [5.74, 6) is -0.118. The van der Waals surface area contributed by atoms with E-state index < -0.39 is 0 Å². The number of rotatable bonds is 5. The van der Waals surface area contributed by atoms with Crippen LogP contribution >= 0.6 is 22.9 Å². The summed E-state index contributed by atoms with van der Waals surface area (Å²) in [5.41, 5.74) is 4.77. The Labute approximate surface area is 172 Å². The molecule has 0 atom stereocenters. The van der Waals surface area contributed by atoms with Gasteiger partial charge in [-0.3, -0.25) is 4.79 Å². The van der Waals surface area contributed by atoms with E-state index in [9.17, 15) is 4.79 Å². The van der Waals surface area contributed by atoms with Crippen molar-refractivity contribution in [3.05, 3.63) is 100 Å². The summed E-state index contributed by atoms with van der Waals surface area (Å²) in [5, 5.41) is 6.62. The summed E-state index contributed by atoms with van der Waals surface area (Å²) >= 11 is 7.49. The van der Waals surface area contributed by atoms with Crippen LogP contribution in [0.15, 0.2) is 84.2 Å². The first-order chi connectivity index (χ1) is 13.7.